The Balaban J connectivity index is 2.40. The highest BCUT2D eigenvalue weighted by atomic mass is 16.3. The normalized spacial score (nSPS) is 14.9. The van der Waals surface area contributed by atoms with E-state index in [1.165, 1.54) is 5.56 Å². The summed E-state index contributed by atoms with van der Waals surface area (Å²) >= 11 is 0. The third kappa shape index (κ3) is 4.93. The molecule has 15 heavy (non-hydrogen) atoms. The number of nitrogens with one attached hydrogen (secondary N) is 1. The highest BCUT2D eigenvalue weighted by Gasteiger charge is 2.08. The van der Waals surface area contributed by atoms with Crippen LogP contribution in [0, 0.1) is 0 Å². The number of rotatable bonds is 6. The van der Waals surface area contributed by atoms with Gasteiger partial charge in [-0.3, -0.25) is 0 Å². The number of hydrogen-bond donors (Lipinski definition) is 3. The standard InChI is InChI=1S/C12H19NO2/c1-10(15)8-13-12(9-14)7-11-5-3-2-4-6-11/h2-6,10,12-15H,7-9H2,1H3/t10-,12?/m1/s1. The summed E-state index contributed by atoms with van der Waals surface area (Å²) in [6, 6.07) is 10.0. The molecule has 84 valence electrons. The van der Waals surface area contributed by atoms with E-state index in [1.54, 1.807) is 6.92 Å². The molecule has 0 aliphatic heterocycles. The molecule has 0 aromatic heterocycles. The average Bonchev–Trinajstić information content (AvgIpc) is 2.25. The topological polar surface area (TPSA) is 52.5 Å². The fourth-order valence-corrected chi connectivity index (χ4v) is 1.44. The van der Waals surface area contributed by atoms with E-state index in [4.69, 9.17) is 10.2 Å². The molecular weight excluding hydrogens is 190 g/mol. The van der Waals surface area contributed by atoms with E-state index in [-0.39, 0.29) is 18.8 Å². The molecule has 0 fully saturated rings. The molecule has 1 aromatic rings. The summed E-state index contributed by atoms with van der Waals surface area (Å²) in [6.07, 6.45) is 0.402. The van der Waals surface area contributed by atoms with Crippen LogP contribution in [-0.2, 0) is 6.42 Å². The lowest BCUT2D eigenvalue weighted by atomic mass is 10.1. The van der Waals surface area contributed by atoms with Gasteiger partial charge in [-0.2, -0.15) is 0 Å². The van der Waals surface area contributed by atoms with Crippen molar-refractivity contribution in [1.82, 2.24) is 5.32 Å². The monoisotopic (exact) mass is 209 g/mol. The predicted octanol–water partition coefficient (Wildman–Crippen LogP) is 0.560. The lowest BCUT2D eigenvalue weighted by Gasteiger charge is -2.17. The van der Waals surface area contributed by atoms with Crippen LogP contribution in [0.2, 0.25) is 0 Å². The van der Waals surface area contributed by atoms with Crippen LogP contribution in [0.1, 0.15) is 12.5 Å². The molecule has 3 nitrogen and oxygen atoms in total. The Morgan fingerprint density at radius 2 is 1.93 bits per heavy atom. The summed E-state index contributed by atoms with van der Waals surface area (Å²) in [5, 5.41) is 21.4. The molecule has 0 amide bonds. The van der Waals surface area contributed by atoms with Crippen molar-refractivity contribution in [3.63, 3.8) is 0 Å². The Morgan fingerprint density at radius 3 is 2.47 bits per heavy atom. The second-order valence-electron chi connectivity index (χ2n) is 3.83. The minimum Gasteiger partial charge on any atom is -0.395 e. The minimum absolute atomic E-state index is 0.0157. The number of hydrogen-bond acceptors (Lipinski definition) is 3. The molecule has 0 bridgehead atoms. The SMILES string of the molecule is C[C@@H](O)CNC(CO)Cc1ccccc1. The first kappa shape index (κ1) is 12.2. The van der Waals surface area contributed by atoms with E-state index in [2.05, 4.69) is 5.32 Å². The van der Waals surface area contributed by atoms with Gasteiger partial charge in [0.15, 0.2) is 0 Å². The van der Waals surface area contributed by atoms with Crippen LogP contribution in [0.15, 0.2) is 30.3 Å². The van der Waals surface area contributed by atoms with Crippen molar-refractivity contribution in [2.45, 2.75) is 25.5 Å². The Kier molecular flexibility index (Phi) is 5.32. The zero-order valence-corrected chi connectivity index (χ0v) is 9.06. The third-order valence-electron chi connectivity index (χ3n) is 2.25. The van der Waals surface area contributed by atoms with Gasteiger partial charge in [0.05, 0.1) is 12.7 Å². The first-order valence-electron chi connectivity index (χ1n) is 5.28. The van der Waals surface area contributed by atoms with Crippen LogP contribution >= 0.6 is 0 Å². The Bertz CT molecular complexity index is 262. The predicted molar refractivity (Wildman–Crippen MR) is 60.7 cm³/mol. The summed E-state index contributed by atoms with van der Waals surface area (Å²) in [5.74, 6) is 0. The quantitative estimate of drug-likeness (QED) is 0.641. The largest absolute Gasteiger partial charge is 0.395 e. The van der Waals surface area contributed by atoms with Crippen molar-refractivity contribution >= 4 is 0 Å². The van der Waals surface area contributed by atoms with Gasteiger partial charge in [-0.1, -0.05) is 30.3 Å². The van der Waals surface area contributed by atoms with Gasteiger partial charge in [0, 0.05) is 12.6 Å². The van der Waals surface area contributed by atoms with Gasteiger partial charge in [-0.25, -0.2) is 0 Å². The van der Waals surface area contributed by atoms with E-state index < -0.39 is 0 Å². The van der Waals surface area contributed by atoms with Crippen LogP contribution in [0.25, 0.3) is 0 Å². The van der Waals surface area contributed by atoms with Gasteiger partial charge in [0.1, 0.15) is 0 Å². The molecule has 0 aliphatic carbocycles. The summed E-state index contributed by atoms with van der Waals surface area (Å²) < 4.78 is 0. The molecule has 3 N–H and O–H groups in total. The maximum absolute atomic E-state index is 9.16. The molecular formula is C12H19NO2. The molecule has 1 aromatic carbocycles. The summed E-state index contributed by atoms with van der Waals surface area (Å²) in [6.45, 7) is 2.32. The third-order valence-corrected chi connectivity index (χ3v) is 2.25. The van der Waals surface area contributed by atoms with Gasteiger partial charge in [-0.05, 0) is 18.9 Å². The van der Waals surface area contributed by atoms with Crippen molar-refractivity contribution in [2.75, 3.05) is 13.2 Å². The van der Waals surface area contributed by atoms with Crippen molar-refractivity contribution in [3.8, 4) is 0 Å². The Labute approximate surface area is 90.8 Å². The fourth-order valence-electron chi connectivity index (χ4n) is 1.44. The summed E-state index contributed by atoms with van der Waals surface area (Å²) in [4.78, 5) is 0. The van der Waals surface area contributed by atoms with Crippen LogP contribution in [0.4, 0.5) is 0 Å². The molecule has 0 spiro atoms. The second kappa shape index (κ2) is 6.56. The lowest BCUT2D eigenvalue weighted by Crippen LogP contribution is -2.38. The maximum atomic E-state index is 9.16. The minimum atomic E-state index is -0.380. The first-order valence-corrected chi connectivity index (χ1v) is 5.28. The van der Waals surface area contributed by atoms with Gasteiger partial charge >= 0.3 is 0 Å². The maximum Gasteiger partial charge on any atom is 0.0636 e. The van der Waals surface area contributed by atoms with Crippen LogP contribution in [0.5, 0.6) is 0 Å². The van der Waals surface area contributed by atoms with Crippen molar-refractivity contribution in [1.29, 1.82) is 0 Å². The van der Waals surface area contributed by atoms with Crippen LogP contribution < -0.4 is 5.32 Å². The van der Waals surface area contributed by atoms with Gasteiger partial charge in [0.25, 0.3) is 0 Å². The Hall–Kier alpha value is -0.900. The molecule has 1 rings (SSSR count). The van der Waals surface area contributed by atoms with Crippen molar-refractivity contribution in [2.24, 2.45) is 0 Å². The lowest BCUT2D eigenvalue weighted by molar-refractivity contribution is 0.172. The average molecular weight is 209 g/mol. The highest BCUT2D eigenvalue weighted by Crippen LogP contribution is 2.02. The summed E-state index contributed by atoms with van der Waals surface area (Å²) in [7, 11) is 0. The second-order valence-corrected chi connectivity index (χ2v) is 3.83. The zero-order chi connectivity index (χ0) is 11.1. The summed E-state index contributed by atoms with van der Waals surface area (Å²) in [5.41, 5.74) is 1.19. The van der Waals surface area contributed by atoms with E-state index >= 15 is 0 Å². The molecule has 1 unspecified atom stereocenters. The molecule has 0 saturated carbocycles. The number of aliphatic hydroxyl groups is 2. The zero-order valence-electron chi connectivity index (χ0n) is 9.06. The molecule has 0 heterocycles. The molecule has 0 saturated heterocycles. The fraction of sp³-hybridized carbons (Fsp3) is 0.500. The van der Waals surface area contributed by atoms with Gasteiger partial charge < -0.3 is 15.5 Å². The van der Waals surface area contributed by atoms with Gasteiger partial charge in [-0.15, -0.1) is 0 Å². The molecule has 0 aliphatic rings. The van der Waals surface area contributed by atoms with E-state index in [0.717, 1.165) is 6.42 Å². The molecule has 0 radical (unpaired) electrons. The Morgan fingerprint density at radius 1 is 1.27 bits per heavy atom. The van der Waals surface area contributed by atoms with Crippen LogP contribution in [-0.4, -0.2) is 35.5 Å². The first-order chi connectivity index (χ1) is 7.22. The van der Waals surface area contributed by atoms with Crippen LogP contribution in [0.3, 0.4) is 0 Å². The smallest absolute Gasteiger partial charge is 0.0636 e. The van der Waals surface area contributed by atoms with Gasteiger partial charge in [0.2, 0.25) is 0 Å². The van der Waals surface area contributed by atoms with E-state index in [9.17, 15) is 0 Å². The van der Waals surface area contributed by atoms with Crippen molar-refractivity contribution < 1.29 is 10.2 Å². The molecule has 2 atom stereocenters. The number of aliphatic hydroxyl groups excluding tert-OH is 2. The van der Waals surface area contributed by atoms with E-state index in [1.807, 2.05) is 30.3 Å². The highest BCUT2D eigenvalue weighted by molar-refractivity contribution is 5.15. The van der Waals surface area contributed by atoms with E-state index in [0.29, 0.717) is 6.54 Å². The molecule has 3 heteroatoms. The number of benzene rings is 1. The van der Waals surface area contributed by atoms with Crippen molar-refractivity contribution in [3.05, 3.63) is 35.9 Å².